The molecule has 0 aliphatic carbocycles. The summed E-state index contributed by atoms with van der Waals surface area (Å²) in [6.07, 6.45) is 1.32. The first-order valence-electron chi connectivity index (χ1n) is 6.77. The molecule has 0 radical (unpaired) electrons. The second-order valence-electron chi connectivity index (χ2n) is 5.11. The zero-order valence-corrected chi connectivity index (χ0v) is 13.4. The van der Waals surface area contributed by atoms with E-state index in [0.717, 1.165) is 17.4 Å². The summed E-state index contributed by atoms with van der Waals surface area (Å²) < 4.78 is 27.5. The molecule has 21 heavy (non-hydrogen) atoms. The van der Waals surface area contributed by atoms with Crippen LogP contribution in [-0.4, -0.2) is 73.1 Å². The number of sulfonamides is 1. The van der Waals surface area contributed by atoms with E-state index < -0.39 is 10.0 Å². The number of piperazine rings is 1. The predicted molar refractivity (Wildman–Crippen MR) is 77.2 cm³/mol. The maximum atomic E-state index is 12.5. The molecular formula is C12H21N5O3S. The normalized spacial score (nSPS) is 16.5. The van der Waals surface area contributed by atoms with Crippen LogP contribution in [0.25, 0.3) is 0 Å². The van der Waals surface area contributed by atoms with Crippen LogP contribution in [0.1, 0.15) is 5.69 Å². The zero-order chi connectivity index (χ0) is 15.6. The van der Waals surface area contributed by atoms with Gasteiger partial charge in [-0.05, 0) is 6.92 Å². The highest BCUT2D eigenvalue weighted by atomic mass is 32.2. The van der Waals surface area contributed by atoms with Gasteiger partial charge in [0.2, 0.25) is 15.9 Å². The van der Waals surface area contributed by atoms with E-state index in [2.05, 4.69) is 10.4 Å². The van der Waals surface area contributed by atoms with Crippen molar-refractivity contribution in [3.63, 3.8) is 0 Å². The second kappa shape index (κ2) is 6.12. The van der Waals surface area contributed by atoms with Crippen LogP contribution in [0, 0.1) is 6.92 Å². The molecule has 2 heterocycles. The standard InChI is InChI=1S/C12H21N5O3S/c1-10-11(8-14-16(10)3)21(19,20)15(2)9-12(18)17-6-4-13-5-7-17/h8,13H,4-7,9H2,1-3H3. The molecule has 118 valence electrons. The number of aryl methyl sites for hydroxylation is 1. The van der Waals surface area contributed by atoms with Crippen LogP contribution in [0.15, 0.2) is 11.1 Å². The molecule has 9 heteroatoms. The fourth-order valence-corrected chi connectivity index (χ4v) is 3.49. The number of rotatable bonds is 4. The van der Waals surface area contributed by atoms with Gasteiger partial charge >= 0.3 is 0 Å². The predicted octanol–water partition coefficient (Wildman–Crippen LogP) is -1.22. The van der Waals surface area contributed by atoms with Crippen molar-refractivity contribution in [2.45, 2.75) is 11.8 Å². The minimum atomic E-state index is -3.70. The molecule has 8 nitrogen and oxygen atoms in total. The van der Waals surface area contributed by atoms with Gasteiger partial charge in [-0.15, -0.1) is 0 Å². The highest BCUT2D eigenvalue weighted by Gasteiger charge is 2.28. The fraction of sp³-hybridized carbons (Fsp3) is 0.667. The van der Waals surface area contributed by atoms with E-state index in [1.54, 1.807) is 18.9 Å². The summed E-state index contributed by atoms with van der Waals surface area (Å²) in [5, 5.41) is 7.09. The summed E-state index contributed by atoms with van der Waals surface area (Å²) in [5.41, 5.74) is 0.552. The van der Waals surface area contributed by atoms with Crippen molar-refractivity contribution >= 4 is 15.9 Å². The lowest BCUT2D eigenvalue weighted by atomic mass is 10.3. The van der Waals surface area contributed by atoms with Crippen LogP contribution < -0.4 is 5.32 Å². The Morgan fingerprint density at radius 3 is 2.57 bits per heavy atom. The third-order valence-corrected chi connectivity index (χ3v) is 5.61. The van der Waals surface area contributed by atoms with E-state index in [1.165, 1.54) is 17.9 Å². The summed E-state index contributed by atoms with van der Waals surface area (Å²) in [7, 11) is -0.596. The molecule has 1 N–H and O–H groups in total. The van der Waals surface area contributed by atoms with Crippen molar-refractivity contribution in [3.05, 3.63) is 11.9 Å². The van der Waals surface area contributed by atoms with Crippen molar-refractivity contribution < 1.29 is 13.2 Å². The van der Waals surface area contributed by atoms with E-state index in [-0.39, 0.29) is 17.3 Å². The van der Waals surface area contributed by atoms with Crippen molar-refractivity contribution in [1.82, 2.24) is 24.3 Å². The third-order valence-electron chi connectivity index (χ3n) is 3.71. The van der Waals surface area contributed by atoms with Gasteiger partial charge in [-0.3, -0.25) is 9.48 Å². The van der Waals surface area contributed by atoms with Crippen LogP contribution in [0.4, 0.5) is 0 Å². The molecule has 1 aliphatic heterocycles. The minimum Gasteiger partial charge on any atom is -0.339 e. The van der Waals surface area contributed by atoms with Gasteiger partial charge in [0.15, 0.2) is 0 Å². The zero-order valence-electron chi connectivity index (χ0n) is 12.5. The van der Waals surface area contributed by atoms with Crippen molar-refractivity contribution in [3.8, 4) is 0 Å². The van der Waals surface area contributed by atoms with Gasteiger partial charge in [0.25, 0.3) is 0 Å². The van der Waals surface area contributed by atoms with E-state index in [9.17, 15) is 13.2 Å². The Labute approximate surface area is 124 Å². The number of amides is 1. The van der Waals surface area contributed by atoms with E-state index in [1.807, 2.05) is 0 Å². The summed E-state index contributed by atoms with van der Waals surface area (Å²) in [6, 6.07) is 0. The van der Waals surface area contributed by atoms with Gasteiger partial charge in [0, 0.05) is 40.3 Å². The lowest BCUT2D eigenvalue weighted by Crippen LogP contribution is -2.49. The van der Waals surface area contributed by atoms with E-state index in [0.29, 0.717) is 18.8 Å². The fourth-order valence-electron chi connectivity index (χ4n) is 2.19. The maximum Gasteiger partial charge on any atom is 0.246 e. The number of nitrogens with zero attached hydrogens (tertiary/aromatic N) is 4. The molecule has 1 aromatic heterocycles. The molecule has 1 aromatic rings. The van der Waals surface area contributed by atoms with Crippen molar-refractivity contribution in [1.29, 1.82) is 0 Å². The number of nitrogens with one attached hydrogen (secondary N) is 1. The first kappa shape index (κ1) is 15.9. The first-order valence-corrected chi connectivity index (χ1v) is 8.21. The molecule has 1 saturated heterocycles. The molecule has 1 amide bonds. The molecule has 0 bridgehead atoms. The van der Waals surface area contributed by atoms with E-state index >= 15 is 0 Å². The average Bonchev–Trinajstić information content (AvgIpc) is 2.80. The smallest absolute Gasteiger partial charge is 0.246 e. The number of carbonyl (C=O) groups is 1. The minimum absolute atomic E-state index is 0.139. The lowest BCUT2D eigenvalue weighted by Gasteiger charge is -2.29. The van der Waals surface area contributed by atoms with Gasteiger partial charge in [-0.25, -0.2) is 8.42 Å². The van der Waals surface area contributed by atoms with Gasteiger partial charge in [-0.2, -0.15) is 9.40 Å². The highest BCUT2D eigenvalue weighted by molar-refractivity contribution is 7.89. The Hall–Kier alpha value is -1.45. The number of carbonyl (C=O) groups excluding carboxylic acids is 1. The molecule has 2 rings (SSSR count). The quantitative estimate of drug-likeness (QED) is 0.752. The summed E-state index contributed by atoms with van der Waals surface area (Å²) in [4.78, 5) is 14.0. The topological polar surface area (TPSA) is 87.5 Å². The Kier molecular flexibility index (Phi) is 4.64. The Morgan fingerprint density at radius 1 is 1.43 bits per heavy atom. The lowest BCUT2D eigenvalue weighted by molar-refractivity contribution is -0.131. The molecule has 0 aromatic carbocycles. The van der Waals surface area contributed by atoms with E-state index in [4.69, 9.17) is 0 Å². The molecule has 1 aliphatic rings. The third kappa shape index (κ3) is 3.25. The van der Waals surface area contributed by atoms with Crippen LogP contribution in [-0.2, 0) is 21.9 Å². The van der Waals surface area contributed by atoms with Crippen LogP contribution in [0.5, 0.6) is 0 Å². The van der Waals surface area contributed by atoms with Crippen LogP contribution >= 0.6 is 0 Å². The SMILES string of the molecule is Cc1c(S(=O)(=O)N(C)CC(=O)N2CCNCC2)cnn1C. The largest absolute Gasteiger partial charge is 0.339 e. The first-order chi connectivity index (χ1) is 9.84. The van der Waals surface area contributed by atoms with Crippen molar-refractivity contribution in [2.75, 3.05) is 39.8 Å². The summed E-state index contributed by atoms with van der Waals surface area (Å²) in [5.74, 6) is -0.177. The molecule has 0 atom stereocenters. The Balaban J connectivity index is 2.10. The Morgan fingerprint density at radius 2 is 2.05 bits per heavy atom. The van der Waals surface area contributed by atoms with Crippen LogP contribution in [0.2, 0.25) is 0 Å². The summed E-state index contributed by atoms with van der Waals surface area (Å²) in [6.45, 7) is 4.23. The molecule has 0 saturated carbocycles. The Bertz CT molecular complexity index is 619. The monoisotopic (exact) mass is 315 g/mol. The molecule has 0 spiro atoms. The number of hydrogen-bond acceptors (Lipinski definition) is 5. The molecular weight excluding hydrogens is 294 g/mol. The maximum absolute atomic E-state index is 12.5. The van der Waals surface area contributed by atoms with Gasteiger partial charge in [-0.1, -0.05) is 0 Å². The van der Waals surface area contributed by atoms with Crippen LogP contribution in [0.3, 0.4) is 0 Å². The second-order valence-corrected chi connectivity index (χ2v) is 7.12. The average molecular weight is 315 g/mol. The highest BCUT2D eigenvalue weighted by Crippen LogP contribution is 2.17. The summed E-state index contributed by atoms with van der Waals surface area (Å²) >= 11 is 0. The van der Waals surface area contributed by atoms with Gasteiger partial charge in [0.05, 0.1) is 18.4 Å². The number of aromatic nitrogens is 2. The molecule has 1 fully saturated rings. The number of likely N-dealkylation sites (N-methyl/N-ethyl adjacent to an activating group) is 1. The molecule has 0 unspecified atom stereocenters. The van der Waals surface area contributed by atoms with Crippen molar-refractivity contribution in [2.24, 2.45) is 7.05 Å². The number of hydrogen-bond donors (Lipinski definition) is 1. The van der Waals surface area contributed by atoms with Gasteiger partial charge < -0.3 is 10.2 Å². The van der Waals surface area contributed by atoms with Gasteiger partial charge in [0.1, 0.15) is 4.90 Å².